The second-order valence-electron chi connectivity index (χ2n) is 4.45. The van der Waals surface area contributed by atoms with Gasteiger partial charge in [0.15, 0.2) is 0 Å². The Morgan fingerprint density at radius 3 is 2.73 bits per heavy atom. The molecule has 110 valence electrons. The van der Waals surface area contributed by atoms with Crippen molar-refractivity contribution >= 4 is 12.1 Å². The zero-order valence-corrected chi connectivity index (χ0v) is 11.7. The molecule has 1 aromatic carbocycles. The summed E-state index contributed by atoms with van der Waals surface area (Å²) in [4.78, 5) is 11.9. The summed E-state index contributed by atoms with van der Waals surface area (Å²) in [5, 5.41) is 14.7. The topological polar surface area (TPSA) is 98.2 Å². The first-order valence-corrected chi connectivity index (χ1v) is 6.45. The number of hydrogen-bond donors (Lipinski definition) is 1. The lowest BCUT2D eigenvalue weighted by Gasteiger charge is -2.02. The van der Waals surface area contributed by atoms with Crippen LogP contribution < -0.4 is 5.43 Å². The molecule has 0 fully saturated rings. The minimum absolute atomic E-state index is 0.317. The number of rotatable bonds is 4. The molecule has 0 saturated heterocycles. The highest BCUT2D eigenvalue weighted by Crippen LogP contribution is 2.07. The number of hydrazone groups is 1. The van der Waals surface area contributed by atoms with Gasteiger partial charge in [-0.15, -0.1) is 5.10 Å². The summed E-state index contributed by atoms with van der Waals surface area (Å²) in [7, 11) is 0. The van der Waals surface area contributed by atoms with E-state index in [2.05, 4.69) is 26.1 Å². The predicted octanol–water partition coefficient (Wildman–Crippen LogP) is 1.33. The summed E-state index contributed by atoms with van der Waals surface area (Å²) < 4.78 is 6.81. The second kappa shape index (κ2) is 6.00. The van der Waals surface area contributed by atoms with E-state index in [4.69, 9.17) is 4.42 Å². The monoisotopic (exact) mass is 296 g/mol. The van der Waals surface area contributed by atoms with Crippen LogP contribution in [0.25, 0.3) is 5.69 Å². The van der Waals surface area contributed by atoms with Gasteiger partial charge in [-0.1, -0.05) is 0 Å². The molecular weight excluding hydrogens is 284 g/mol. The van der Waals surface area contributed by atoms with Crippen molar-refractivity contribution in [2.75, 3.05) is 0 Å². The molecule has 0 unspecified atom stereocenters. The minimum atomic E-state index is -0.317. The number of hydrogen-bond acceptors (Lipinski definition) is 6. The van der Waals surface area contributed by atoms with Gasteiger partial charge in [-0.25, -0.2) is 10.1 Å². The highest BCUT2D eigenvalue weighted by atomic mass is 16.3. The van der Waals surface area contributed by atoms with Crippen molar-refractivity contribution in [3.63, 3.8) is 0 Å². The maximum atomic E-state index is 11.9. The smallest absolute Gasteiger partial charge is 0.271 e. The van der Waals surface area contributed by atoms with Crippen LogP contribution in [0, 0.1) is 6.92 Å². The van der Waals surface area contributed by atoms with Crippen LogP contribution in [0.15, 0.2) is 52.2 Å². The van der Waals surface area contributed by atoms with Gasteiger partial charge in [-0.2, -0.15) is 5.10 Å². The van der Waals surface area contributed by atoms with Crippen LogP contribution in [0.1, 0.15) is 21.9 Å². The van der Waals surface area contributed by atoms with Gasteiger partial charge in [0.05, 0.1) is 11.9 Å². The Bertz CT molecular complexity index is 789. The fourth-order valence-corrected chi connectivity index (χ4v) is 1.79. The van der Waals surface area contributed by atoms with Gasteiger partial charge < -0.3 is 4.42 Å². The number of amides is 1. The number of tetrazole rings is 1. The van der Waals surface area contributed by atoms with E-state index in [-0.39, 0.29) is 5.91 Å². The van der Waals surface area contributed by atoms with Crippen LogP contribution in [0.5, 0.6) is 0 Å². The van der Waals surface area contributed by atoms with Gasteiger partial charge in [0.2, 0.25) is 0 Å². The molecule has 0 spiro atoms. The maximum Gasteiger partial charge on any atom is 0.271 e. The van der Waals surface area contributed by atoms with Crippen LogP contribution in [-0.2, 0) is 0 Å². The highest BCUT2D eigenvalue weighted by molar-refractivity contribution is 5.94. The molecule has 0 aliphatic heterocycles. The Kier molecular flexibility index (Phi) is 3.73. The molecule has 0 aliphatic carbocycles. The number of carbonyl (C=O) groups is 1. The van der Waals surface area contributed by atoms with Crippen molar-refractivity contribution < 1.29 is 9.21 Å². The lowest BCUT2D eigenvalue weighted by molar-refractivity contribution is 0.0955. The van der Waals surface area contributed by atoms with Crippen LogP contribution in [0.3, 0.4) is 0 Å². The van der Waals surface area contributed by atoms with Crippen molar-refractivity contribution in [1.29, 1.82) is 0 Å². The standard InChI is InChI=1S/C14H12N6O2/c1-10-2-7-13(22-10)8-15-17-14(21)11-3-5-12(6-4-11)20-9-16-18-19-20/h2-9H,1H3,(H,17,21)/b15-8+. The summed E-state index contributed by atoms with van der Waals surface area (Å²) in [6.07, 6.45) is 2.92. The third-order valence-corrected chi connectivity index (χ3v) is 2.86. The highest BCUT2D eigenvalue weighted by Gasteiger charge is 2.05. The molecule has 2 heterocycles. The fourth-order valence-electron chi connectivity index (χ4n) is 1.79. The number of benzene rings is 1. The fraction of sp³-hybridized carbons (Fsp3) is 0.0714. The van der Waals surface area contributed by atoms with E-state index in [1.54, 1.807) is 30.3 Å². The Labute approximate surface area is 125 Å². The zero-order chi connectivity index (χ0) is 15.4. The van der Waals surface area contributed by atoms with Gasteiger partial charge >= 0.3 is 0 Å². The molecule has 1 N–H and O–H groups in total. The number of aryl methyl sites for hydroxylation is 1. The zero-order valence-electron chi connectivity index (χ0n) is 11.7. The Balaban J connectivity index is 1.64. The van der Waals surface area contributed by atoms with Gasteiger partial charge in [0.1, 0.15) is 17.8 Å². The first-order valence-electron chi connectivity index (χ1n) is 6.45. The number of aromatic nitrogens is 4. The Hall–Kier alpha value is -3.29. The molecule has 8 heteroatoms. The average molecular weight is 296 g/mol. The van der Waals surface area contributed by atoms with Gasteiger partial charge in [-0.05, 0) is 53.7 Å². The van der Waals surface area contributed by atoms with Crippen molar-refractivity contribution in [3.8, 4) is 5.69 Å². The van der Waals surface area contributed by atoms with Crippen LogP contribution >= 0.6 is 0 Å². The summed E-state index contributed by atoms with van der Waals surface area (Å²) >= 11 is 0. The summed E-state index contributed by atoms with van der Waals surface area (Å²) in [6.45, 7) is 1.84. The molecular formula is C14H12N6O2. The Morgan fingerprint density at radius 2 is 2.09 bits per heavy atom. The summed E-state index contributed by atoms with van der Waals surface area (Å²) in [5.41, 5.74) is 3.67. The average Bonchev–Trinajstić information content (AvgIpc) is 3.19. The van der Waals surface area contributed by atoms with E-state index in [9.17, 15) is 4.79 Å². The number of nitrogens with zero attached hydrogens (tertiary/aromatic N) is 5. The van der Waals surface area contributed by atoms with E-state index in [1.807, 2.05) is 13.0 Å². The lowest BCUT2D eigenvalue weighted by atomic mass is 10.2. The molecule has 22 heavy (non-hydrogen) atoms. The van der Waals surface area contributed by atoms with Crippen LogP contribution in [0.2, 0.25) is 0 Å². The first-order chi connectivity index (χ1) is 10.7. The largest absolute Gasteiger partial charge is 0.460 e. The molecule has 2 aromatic heterocycles. The predicted molar refractivity (Wildman–Crippen MR) is 77.7 cm³/mol. The third kappa shape index (κ3) is 3.06. The van der Waals surface area contributed by atoms with E-state index < -0.39 is 0 Å². The van der Waals surface area contributed by atoms with E-state index in [1.165, 1.54) is 17.2 Å². The van der Waals surface area contributed by atoms with Gasteiger partial charge in [0.25, 0.3) is 5.91 Å². The normalized spacial score (nSPS) is 11.0. The van der Waals surface area contributed by atoms with E-state index in [0.717, 1.165) is 11.4 Å². The molecule has 0 aliphatic rings. The molecule has 0 atom stereocenters. The van der Waals surface area contributed by atoms with Crippen LogP contribution in [-0.4, -0.2) is 32.3 Å². The molecule has 8 nitrogen and oxygen atoms in total. The quantitative estimate of drug-likeness (QED) is 0.578. The van der Waals surface area contributed by atoms with E-state index >= 15 is 0 Å². The third-order valence-electron chi connectivity index (χ3n) is 2.86. The number of nitrogens with one attached hydrogen (secondary N) is 1. The molecule has 0 bridgehead atoms. The maximum absolute atomic E-state index is 11.9. The molecule has 3 aromatic rings. The number of furan rings is 1. The lowest BCUT2D eigenvalue weighted by Crippen LogP contribution is -2.17. The summed E-state index contributed by atoms with van der Waals surface area (Å²) in [5.74, 6) is 1.04. The minimum Gasteiger partial charge on any atom is -0.460 e. The Morgan fingerprint density at radius 1 is 1.27 bits per heavy atom. The second-order valence-corrected chi connectivity index (χ2v) is 4.45. The summed E-state index contributed by atoms with van der Waals surface area (Å²) in [6, 6.07) is 10.4. The van der Waals surface area contributed by atoms with Crippen molar-refractivity contribution in [2.45, 2.75) is 6.92 Å². The first kappa shape index (κ1) is 13.7. The van der Waals surface area contributed by atoms with Crippen molar-refractivity contribution in [3.05, 3.63) is 59.8 Å². The van der Waals surface area contributed by atoms with Gasteiger partial charge in [-0.3, -0.25) is 4.79 Å². The molecule has 0 radical (unpaired) electrons. The SMILES string of the molecule is Cc1ccc(/C=N/NC(=O)c2ccc(-n3cnnn3)cc2)o1. The van der Waals surface area contributed by atoms with Crippen molar-refractivity contribution in [1.82, 2.24) is 25.6 Å². The molecule has 3 rings (SSSR count). The van der Waals surface area contributed by atoms with Crippen molar-refractivity contribution in [2.24, 2.45) is 5.10 Å². The molecule has 1 amide bonds. The van der Waals surface area contributed by atoms with Crippen LogP contribution in [0.4, 0.5) is 0 Å². The molecule has 0 saturated carbocycles. The van der Waals surface area contributed by atoms with Gasteiger partial charge in [0, 0.05) is 5.56 Å². The number of carbonyl (C=O) groups excluding carboxylic acids is 1. The van der Waals surface area contributed by atoms with E-state index in [0.29, 0.717) is 11.3 Å².